The fourth-order valence-corrected chi connectivity index (χ4v) is 2.22. The third kappa shape index (κ3) is 2.24. The molecule has 106 valence electrons. The third-order valence-electron chi connectivity index (χ3n) is 3.10. The van der Waals surface area contributed by atoms with Crippen LogP contribution in [0.15, 0.2) is 48.5 Å². The summed E-state index contributed by atoms with van der Waals surface area (Å²) in [7, 11) is 0. The van der Waals surface area contributed by atoms with Crippen LogP contribution in [0.2, 0.25) is 0 Å². The second-order valence-corrected chi connectivity index (χ2v) is 4.37. The number of alkyl halides is 2. The average molecular weight is 289 g/mol. The first-order valence-electron chi connectivity index (χ1n) is 6.10. The number of benzene rings is 2. The molecular formula is C15H9F2NO3. The van der Waals surface area contributed by atoms with E-state index >= 15 is 0 Å². The molecule has 0 radical (unpaired) electrons. The van der Waals surface area contributed by atoms with E-state index in [9.17, 15) is 18.4 Å². The maximum absolute atomic E-state index is 12.3. The molecule has 2 amide bonds. The van der Waals surface area contributed by atoms with Crippen LogP contribution in [0.4, 0.5) is 14.5 Å². The van der Waals surface area contributed by atoms with Gasteiger partial charge in [-0.15, -0.1) is 0 Å². The van der Waals surface area contributed by atoms with E-state index in [0.29, 0.717) is 11.1 Å². The number of rotatable bonds is 3. The summed E-state index contributed by atoms with van der Waals surface area (Å²) in [5, 5.41) is 0. The number of carbonyl (C=O) groups is 2. The molecule has 1 heterocycles. The SMILES string of the molecule is O=C1c2ccccc2C(=O)N1c1cccc(OC(F)F)c1. The van der Waals surface area contributed by atoms with E-state index in [1.165, 1.54) is 24.3 Å². The number of amides is 2. The second kappa shape index (κ2) is 4.97. The zero-order valence-corrected chi connectivity index (χ0v) is 10.6. The Balaban J connectivity index is 1.99. The smallest absolute Gasteiger partial charge is 0.387 e. The highest BCUT2D eigenvalue weighted by molar-refractivity contribution is 6.34. The summed E-state index contributed by atoms with van der Waals surface area (Å²) in [5.41, 5.74) is 0.782. The Kier molecular flexibility index (Phi) is 3.13. The van der Waals surface area contributed by atoms with Crippen LogP contribution in [0.25, 0.3) is 0 Å². The van der Waals surface area contributed by atoms with Crippen molar-refractivity contribution in [3.63, 3.8) is 0 Å². The Labute approximate surface area is 118 Å². The number of fused-ring (bicyclic) bond motifs is 1. The van der Waals surface area contributed by atoms with Crippen LogP contribution >= 0.6 is 0 Å². The Hall–Kier alpha value is -2.76. The highest BCUT2D eigenvalue weighted by Gasteiger charge is 2.36. The largest absolute Gasteiger partial charge is 0.435 e. The fourth-order valence-electron chi connectivity index (χ4n) is 2.22. The minimum absolute atomic E-state index is 0.112. The fraction of sp³-hybridized carbons (Fsp3) is 0.0667. The molecule has 0 aliphatic carbocycles. The number of hydrogen-bond acceptors (Lipinski definition) is 3. The molecule has 1 aliphatic heterocycles. The number of carbonyl (C=O) groups excluding carboxylic acids is 2. The van der Waals surface area contributed by atoms with Crippen molar-refractivity contribution in [2.45, 2.75) is 6.61 Å². The van der Waals surface area contributed by atoms with E-state index in [2.05, 4.69) is 4.74 Å². The summed E-state index contributed by atoms with van der Waals surface area (Å²) < 4.78 is 28.7. The Morgan fingerprint density at radius 2 is 1.52 bits per heavy atom. The lowest BCUT2D eigenvalue weighted by molar-refractivity contribution is -0.0498. The molecule has 0 N–H and O–H groups in total. The highest BCUT2D eigenvalue weighted by atomic mass is 19.3. The molecule has 3 rings (SSSR count). The molecule has 0 saturated heterocycles. The van der Waals surface area contributed by atoms with Crippen LogP contribution in [0.1, 0.15) is 20.7 Å². The lowest BCUT2D eigenvalue weighted by Gasteiger charge is -2.15. The van der Waals surface area contributed by atoms with Gasteiger partial charge in [0.15, 0.2) is 0 Å². The number of hydrogen-bond donors (Lipinski definition) is 0. The van der Waals surface area contributed by atoms with Crippen LogP contribution in [-0.4, -0.2) is 18.4 Å². The van der Waals surface area contributed by atoms with Gasteiger partial charge in [0.2, 0.25) is 0 Å². The molecule has 0 saturated carbocycles. The van der Waals surface area contributed by atoms with Gasteiger partial charge in [-0.2, -0.15) is 8.78 Å². The molecular weight excluding hydrogens is 280 g/mol. The minimum Gasteiger partial charge on any atom is -0.435 e. The van der Waals surface area contributed by atoms with E-state index in [0.717, 1.165) is 4.90 Å². The normalized spacial score (nSPS) is 13.8. The van der Waals surface area contributed by atoms with Gasteiger partial charge in [0, 0.05) is 6.07 Å². The van der Waals surface area contributed by atoms with Crippen molar-refractivity contribution in [1.82, 2.24) is 0 Å². The predicted octanol–water partition coefficient (Wildman–Crippen LogP) is 3.09. The van der Waals surface area contributed by atoms with Crippen molar-refractivity contribution in [2.24, 2.45) is 0 Å². The van der Waals surface area contributed by atoms with Gasteiger partial charge < -0.3 is 4.74 Å². The lowest BCUT2D eigenvalue weighted by atomic mass is 10.1. The standard InChI is InChI=1S/C15H9F2NO3/c16-15(17)21-10-5-3-4-9(8-10)18-13(19)11-6-1-2-7-12(11)14(18)20/h1-8,15H. The van der Waals surface area contributed by atoms with Gasteiger partial charge in [-0.25, -0.2) is 4.90 Å². The van der Waals surface area contributed by atoms with Crippen molar-refractivity contribution < 1.29 is 23.1 Å². The molecule has 2 aromatic carbocycles. The van der Waals surface area contributed by atoms with Gasteiger partial charge in [-0.1, -0.05) is 18.2 Å². The topological polar surface area (TPSA) is 46.6 Å². The summed E-state index contributed by atoms with van der Waals surface area (Å²) in [6.45, 7) is -2.97. The van der Waals surface area contributed by atoms with Crippen molar-refractivity contribution >= 4 is 17.5 Å². The molecule has 0 fully saturated rings. The van der Waals surface area contributed by atoms with Crippen molar-refractivity contribution in [1.29, 1.82) is 0 Å². The molecule has 4 nitrogen and oxygen atoms in total. The summed E-state index contributed by atoms with van der Waals surface area (Å²) >= 11 is 0. The summed E-state index contributed by atoms with van der Waals surface area (Å²) in [6, 6.07) is 11.9. The maximum atomic E-state index is 12.3. The molecule has 0 unspecified atom stereocenters. The van der Waals surface area contributed by atoms with Crippen molar-refractivity contribution in [3.05, 3.63) is 59.7 Å². The minimum atomic E-state index is -2.97. The summed E-state index contributed by atoms with van der Waals surface area (Å²) in [6.07, 6.45) is 0. The van der Waals surface area contributed by atoms with Gasteiger partial charge >= 0.3 is 6.61 Å². The number of nitrogens with zero attached hydrogens (tertiary/aromatic N) is 1. The lowest BCUT2D eigenvalue weighted by Crippen LogP contribution is -2.29. The van der Waals surface area contributed by atoms with E-state index in [4.69, 9.17) is 0 Å². The van der Waals surface area contributed by atoms with Crippen molar-refractivity contribution in [2.75, 3.05) is 4.90 Å². The molecule has 0 atom stereocenters. The average Bonchev–Trinajstić information content (AvgIpc) is 2.71. The molecule has 21 heavy (non-hydrogen) atoms. The van der Waals surface area contributed by atoms with Gasteiger partial charge in [0.25, 0.3) is 11.8 Å². The molecule has 0 aromatic heterocycles. The quantitative estimate of drug-likeness (QED) is 0.816. The first-order valence-corrected chi connectivity index (χ1v) is 6.10. The van der Waals surface area contributed by atoms with E-state index < -0.39 is 18.4 Å². The van der Waals surface area contributed by atoms with Crippen LogP contribution in [0.5, 0.6) is 5.75 Å². The van der Waals surface area contributed by atoms with Gasteiger partial charge in [0.05, 0.1) is 16.8 Å². The molecule has 0 spiro atoms. The van der Waals surface area contributed by atoms with E-state index in [-0.39, 0.29) is 11.4 Å². The van der Waals surface area contributed by atoms with E-state index in [1.807, 2.05) is 0 Å². The molecule has 0 bridgehead atoms. The monoisotopic (exact) mass is 289 g/mol. The first kappa shape index (κ1) is 13.2. The van der Waals surface area contributed by atoms with Gasteiger partial charge in [-0.3, -0.25) is 9.59 Å². The Morgan fingerprint density at radius 3 is 2.10 bits per heavy atom. The highest BCUT2D eigenvalue weighted by Crippen LogP contribution is 2.30. The van der Waals surface area contributed by atoms with Crippen LogP contribution < -0.4 is 9.64 Å². The third-order valence-corrected chi connectivity index (χ3v) is 3.10. The van der Waals surface area contributed by atoms with Crippen molar-refractivity contribution in [3.8, 4) is 5.75 Å². The van der Waals surface area contributed by atoms with Crippen LogP contribution in [0.3, 0.4) is 0 Å². The number of ether oxygens (including phenoxy) is 1. The van der Waals surface area contributed by atoms with Crippen LogP contribution in [0, 0.1) is 0 Å². The Bertz CT molecular complexity index is 695. The van der Waals surface area contributed by atoms with Gasteiger partial charge in [0.1, 0.15) is 5.75 Å². The number of halogens is 2. The summed E-state index contributed by atoms with van der Waals surface area (Å²) in [5.74, 6) is -1.08. The number of anilines is 1. The van der Waals surface area contributed by atoms with Crippen LogP contribution in [-0.2, 0) is 0 Å². The molecule has 6 heteroatoms. The second-order valence-electron chi connectivity index (χ2n) is 4.37. The first-order chi connectivity index (χ1) is 10.1. The maximum Gasteiger partial charge on any atom is 0.387 e. The molecule has 2 aromatic rings. The zero-order valence-electron chi connectivity index (χ0n) is 10.6. The zero-order chi connectivity index (χ0) is 15.0. The predicted molar refractivity (Wildman–Crippen MR) is 70.7 cm³/mol. The van der Waals surface area contributed by atoms with E-state index in [1.54, 1.807) is 24.3 Å². The van der Waals surface area contributed by atoms with Gasteiger partial charge in [-0.05, 0) is 24.3 Å². The molecule has 1 aliphatic rings. The number of imide groups is 1. The Morgan fingerprint density at radius 1 is 0.905 bits per heavy atom. The summed E-state index contributed by atoms with van der Waals surface area (Å²) in [4.78, 5) is 25.5.